The Kier molecular flexibility index (Phi) is 11.8. The third-order valence-electron chi connectivity index (χ3n) is 7.82. The maximum absolute atomic E-state index is 13.6. The summed E-state index contributed by atoms with van der Waals surface area (Å²) in [6.45, 7) is 8.41. The van der Waals surface area contributed by atoms with Gasteiger partial charge >= 0.3 is 11.9 Å². The van der Waals surface area contributed by atoms with Gasteiger partial charge < -0.3 is 19.7 Å². The highest BCUT2D eigenvalue weighted by molar-refractivity contribution is 6.00. The third-order valence-corrected chi connectivity index (χ3v) is 7.82. The summed E-state index contributed by atoms with van der Waals surface area (Å²) < 4.78 is 11.2. The van der Waals surface area contributed by atoms with Gasteiger partial charge in [-0.2, -0.15) is 0 Å². The standard InChI is InChI=1S/C36H42N4O6/c1-24(2)46-36(42)33-26(4)38-25(3)32(34(33)30-11-6-12-31(22-30)40(43)44)35(41)45-20-19-39(5)18-8-10-27-13-15-28(16-14-27)21-29-9-7-17-37-23-29/h6-7,9,11-17,22-24,34,38H,8,10,18-21H2,1-5H3. The van der Waals surface area contributed by atoms with Crippen LogP contribution in [0.1, 0.15) is 62.3 Å². The number of pyridine rings is 1. The molecule has 1 N–H and O–H groups in total. The molecule has 0 saturated carbocycles. The third kappa shape index (κ3) is 9.10. The van der Waals surface area contributed by atoms with Crippen LogP contribution in [-0.2, 0) is 31.9 Å². The predicted molar refractivity (Wildman–Crippen MR) is 176 cm³/mol. The minimum absolute atomic E-state index is 0.141. The topological polar surface area (TPSA) is 124 Å². The molecule has 1 aliphatic heterocycles. The Morgan fingerprint density at radius 3 is 2.30 bits per heavy atom. The van der Waals surface area contributed by atoms with E-state index in [2.05, 4.69) is 45.5 Å². The SMILES string of the molecule is CC1=C(C(=O)OCCN(C)CCCc2ccc(Cc3cccnc3)cc2)C(c2cccc([N+](=O)[O-])c2)C(C(=O)OC(C)C)=C(C)N1. The molecule has 46 heavy (non-hydrogen) atoms. The van der Waals surface area contributed by atoms with Gasteiger partial charge in [-0.3, -0.25) is 15.1 Å². The molecule has 0 fully saturated rings. The molecule has 0 bridgehead atoms. The first kappa shape index (κ1) is 34.1. The second-order valence-electron chi connectivity index (χ2n) is 11.8. The highest BCUT2D eigenvalue weighted by Crippen LogP contribution is 2.40. The molecule has 0 spiro atoms. The number of esters is 2. The van der Waals surface area contributed by atoms with Gasteiger partial charge in [0.1, 0.15) is 6.61 Å². The largest absolute Gasteiger partial charge is 0.461 e. The Labute approximate surface area is 270 Å². The van der Waals surface area contributed by atoms with Crippen LogP contribution in [0.4, 0.5) is 5.69 Å². The van der Waals surface area contributed by atoms with Crippen LogP contribution >= 0.6 is 0 Å². The number of carbonyl (C=O) groups is 2. The number of allylic oxidation sites excluding steroid dienone is 2. The summed E-state index contributed by atoms with van der Waals surface area (Å²) in [5.74, 6) is -2.09. The Morgan fingerprint density at radius 2 is 1.65 bits per heavy atom. The number of nitrogens with zero attached hydrogens (tertiary/aromatic N) is 3. The van der Waals surface area contributed by atoms with Crippen molar-refractivity contribution in [1.29, 1.82) is 0 Å². The number of aryl methyl sites for hydroxylation is 1. The van der Waals surface area contributed by atoms with Crippen molar-refractivity contribution in [2.75, 3.05) is 26.7 Å². The average Bonchev–Trinajstić information content (AvgIpc) is 3.01. The second-order valence-corrected chi connectivity index (χ2v) is 11.8. The minimum atomic E-state index is -0.895. The van der Waals surface area contributed by atoms with Crippen LogP contribution < -0.4 is 5.32 Å². The van der Waals surface area contributed by atoms with Crippen molar-refractivity contribution < 1.29 is 24.0 Å². The quantitative estimate of drug-likeness (QED) is 0.133. The molecule has 4 rings (SSSR count). The van der Waals surface area contributed by atoms with Crippen LogP contribution in [0.15, 0.2) is 95.6 Å². The summed E-state index contributed by atoms with van der Waals surface area (Å²) >= 11 is 0. The lowest BCUT2D eigenvalue weighted by molar-refractivity contribution is -0.384. The molecule has 1 aromatic heterocycles. The van der Waals surface area contributed by atoms with Crippen molar-refractivity contribution in [2.24, 2.45) is 0 Å². The first-order valence-corrected chi connectivity index (χ1v) is 15.5. The number of rotatable bonds is 14. The van der Waals surface area contributed by atoms with Crippen LogP contribution in [-0.4, -0.2) is 59.6 Å². The number of nitrogens with one attached hydrogen (secondary N) is 1. The van der Waals surface area contributed by atoms with Gasteiger partial charge in [-0.25, -0.2) is 9.59 Å². The fraction of sp³-hybridized carbons (Fsp3) is 0.361. The fourth-order valence-electron chi connectivity index (χ4n) is 5.56. The van der Waals surface area contributed by atoms with Crippen molar-refractivity contribution in [3.05, 3.63) is 128 Å². The zero-order valence-electron chi connectivity index (χ0n) is 27.1. The molecule has 10 nitrogen and oxygen atoms in total. The highest BCUT2D eigenvalue weighted by Gasteiger charge is 2.38. The molecular formula is C36H42N4O6. The number of non-ortho nitro benzene ring substituents is 1. The van der Waals surface area contributed by atoms with Crippen molar-refractivity contribution >= 4 is 17.6 Å². The summed E-state index contributed by atoms with van der Waals surface area (Å²) in [5.41, 5.74) is 5.45. The minimum Gasteiger partial charge on any atom is -0.461 e. The van der Waals surface area contributed by atoms with E-state index in [9.17, 15) is 19.7 Å². The van der Waals surface area contributed by atoms with Gasteiger partial charge in [0.25, 0.3) is 5.69 Å². The molecule has 1 aliphatic rings. The Bertz CT molecular complexity index is 1600. The smallest absolute Gasteiger partial charge is 0.337 e. The summed E-state index contributed by atoms with van der Waals surface area (Å²) in [6.07, 6.45) is 6.00. The van der Waals surface area contributed by atoms with E-state index in [0.717, 1.165) is 25.8 Å². The van der Waals surface area contributed by atoms with Crippen molar-refractivity contribution in [3.63, 3.8) is 0 Å². The molecular weight excluding hydrogens is 584 g/mol. The number of hydrogen-bond donors (Lipinski definition) is 1. The Morgan fingerprint density at radius 1 is 0.957 bits per heavy atom. The maximum Gasteiger partial charge on any atom is 0.337 e. The van der Waals surface area contributed by atoms with E-state index in [1.54, 1.807) is 46.0 Å². The van der Waals surface area contributed by atoms with E-state index in [-0.39, 0.29) is 23.4 Å². The molecule has 2 aromatic carbocycles. The van der Waals surface area contributed by atoms with Crippen LogP contribution in [0.2, 0.25) is 0 Å². The van der Waals surface area contributed by atoms with E-state index in [1.165, 1.54) is 28.8 Å². The van der Waals surface area contributed by atoms with Crippen LogP contribution in [0.3, 0.4) is 0 Å². The van der Waals surface area contributed by atoms with E-state index in [0.29, 0.717) is 23.5 Å². The molecule has 3 aromatic rings. The van der Waals surface area contributed by atoms with E-state index >= 15 is 0 Å². The number of nitro benzene ring substituents is 1. The number of likely N-dealkylation sites (N-methyl/N-ethyl adjacent to an activating group) is 1. The van der Waals surface area contributed by atoms with Gasteiger partial charge in [-0.15, -0.1) is 0 Å². The first-order chi connectivity index (χ1) is 22.0. The highest BCUT2D eigenvalue weighted by atomic mass is 16.6. The van der Waals surface area contributed by atoms with Gasteiger partial charge in [0, 0.05) is 42.5 Å². The van der Waals surface area contributed by atoms with E-state index in [4.69, 9.17) is 9.47 Å². The van der Waals surface area contributed by atoms with Crippen LogP contribution in [0.5, 0.6) is 0 Å². The zero-order chi connectivity index (χ0) is 33.2. The predicted octanol–water partition coefficient (Wildman–Crippen LogP) is 5.87. The molecule has 0 amide bonds. The van der Waals surface area contributed by atoms with Gasteiger partial charge in [-0.05, 0) is 88.9 Å². The lowest BCUT2D eigenvalue weighted by atomic mass is 9.80. The number of ether oxygens (including phenoxy) is 2. The molecule has 1 atom stereocenters. The number of benzene rings is 2. The monoisotopic (exact) mass is 626 g/mol. The number of carbonyl (C=O) groups excluding carboxylic acids is 2. The number of hydrogen-bond acceptors (Lipinski definition) is 9. The van der Waals surface area contributed by atoms with Crippen molar-refractivity contribution in [1.82, 2.24) is 15.2 Å². The molecule has 0 saturated heterocycles. The van der Waals surface area contributed by atoms with Crippen molar-refractivity contribution in [3.8, 4) is 0 Å². The van der Waals surface area contributed by atoms with Crippen molar-refractivity contribution in [2.45, 2.75) is 59.0 Å². The normalized spacial score (nSPS) is 14.8. The van der Waals surface area contributed by atoms with Gasteiger partial charge in [0.2, 0.25) is 0 Å². The fourth-order valence-corrected chi connectivity index (χ4v) is 5.56. The summed E-state index contributed by atoms with van der Waals surface area (Å²) in [6, 6.07) is 18.6. The molecule has 1 unspecified atom stereocenters. The van der Waals surface area contributed by atoms with Gasteiger partial charge in [0.15, 0.2) is 0 Å². The van der Waals surface area contributed by atoms with Gasteiger partial charge in [-0.1, -0.05) is 42.5 Å². The maximum atomic E-state index is 13.6. The number of dihydropyridines is 1. The average molecular weight is 627 g/mol. The molecule has 0 aliphatic carbocycles. The number of aromatic nitrogens is 1. The number of nitro groups is 1. The van der Waals surface area contributed by atoms with Crippen LogP contribution in [0.25, 0.3) is 0 Å². The lowest BCUT2D eigenvalue weighted by Gasteiger charge is -2.31. The van der Waals surface area contributed by atoms with Gasteiger partial charge in [0.05, 0.1) is 28.1 Å². The summed E-state index contributed by atoms with van der Waals surface area (Å²) in [5, 5.41) is 14.7. The van der Waals surface area contributed by atoms with E-state index < -0.39 is 28.9 Å². The van der Waals surface area contributed by atoms with E-state index in [1.807, 2.05) is 19.3 Å². The summed E-state index contributed by atoms with van der Waals surface area (Å²) in [7, 11) is 1.98. The molecule has 242 valence electrons. The second kappa shape index (κ2) is 15.9. The molecule has 0 radical (unpaired) electrons. The molecule has 10 heteroatoms. The first-order valence-electron chi connectivity index (χ1n) is 15.5. The summed E-state index contributed by atoms with van der Waals surface area (Å²) in [4.78, 5) is 44.2. The Balaban J connectivity index is 1.36. The lowest BCUT2D eigenvalue weighted by Crippen LogP contribution is -2.34. The zero-order valence-corrected chi connectivity index (χ0v) is 27.1. The Hall–Kier alpha value is -4.83. The van der Waals surface area contributed by atoms with Crippen LogP contribution in [0, 0.1) is 10.1 Å². The molecule has 2 heterocycles.